The molecule has 4 rings (SSSR count). The quantitative estimate of drug-likeness (QED) is 0.682. The fraction of sp³-hybridized carbons (Fsp3) is 0.222. The van der Waals surface area contributed by atoms with Gasteiger partial charge in [-0.25, -0.2) is 4.98 Å². The number of para-hydroxylation sites is 1. The molecule has 1 saturated carbocycles. The van der Waals surface area contributed by atoms with Crippen LogP contribution in [0.4, 0.5) is 0 Å². The molecule has 0 spiro atoms. The number of fused-ring (bicyclic) bond motifs is 1. The van der Waals surface area contributed by atoms with Crippen molar-refractivity contribution in [3.63, 3.8) is 0 Å². The van der Waals surface area contributed by atoms with Crippen molar-refractivity contribution in [3.05, 3.63) is 65.2 Å². The minimum atomic E-state index is -0.419. The number of ether oxygens (including phenoxy) is 1. The Morgan fingerprint density at radius 2 is 1.82 bits per heavy atom. The standard InChI is InChI=1S/C18H15NO2S/c20-17(18(10-11-18)13-6-2-1-3-7-13)21-12-16-19-14-8-4-5-9-15(14)22-16/h1-9H,10-12H2. The van der Waals surface area contributed by atoms with Gasteiger partial charge in [0.2, 0.25) is 0 Å². The number of aromatic nitrogens is 1. The van der Waals surface area contributed by atoms with Crippen molar-refractivity contribution in [1.29, 1.82) is 0 Å². The van der Waals surface area contributed by atoms with Crippen molar-refractivity contribution in [2.75, 3.05) is 0 Å². The van der Waals surface area contributed by atoms with Crippen LogP contribution in [-0.4, -0.2) is 11.0 Å². The Labute approximate surface area is 132 Å². The summed E-state index contributed by atoms with van der Waals surface area (Å²) in [7, 11) is 0. The number of esters is 1. The first-order valence-electron chi connectivity index (χ1n) is 7.35. The van der Waals surface area contributed by atoms with E-state index in [0.29, 0.717) is 0 Å². The van der Waals surface area contributed by atoms with E-state index in [-0.39, 0.29) is 12.6 Å². The molecule has 22 heavy (non-hydrogen) atoms. The maximum atomic E-state index is 12.5. The zero-order chi connectivity index (χ0) is 15.0. The molecule has 1 aliphatic rings. The molecule has 1 fully saturated rings. The lowest BCUT2D eigenvalue weighted by Crippen LogP contribution is -2.23. The minimum Gasteiger partial charge on any atom is -0.458 e. The molecule has 1 aromatic heterocycles. The summed E-state index contributed by atoms with van der Waals surface area (Å²) in [6, 6.07) is 17.9. The Hall–Kier alpha value is -2.20. The van der Waals surface area contributed by atoms with Gasteiger partial charge in [-0.05, 0) is 30.5 Å². The van der Waals surface area contributed by atoms with Crippen LogP contribution < -0.4 is 0 Å². The Balaban J connectivity index is 1.48. The second kappa shape index (κ2) is 5.21. The predicted octanol–water partition coefficient (Wildman–Crippen LogP) is 4.07. The molecule has 1 heterocycles. The van der Waals surface area contributed by atoms with E-state index < -0.39 is 5.41 Å². The molecule has 0 radical (unpaired) electrons. The van der Waals surface area contributed by atoms with Crippen LogP contribution in [-0.2, 0) is 21.6 Å². The number of hydrogen-bond donors (Lipinski definition) is 0. The lowest BCUT2D eigenvalue weighted by atomic mass is 9.96. The molecule has 3 nitrogen and oxygen atoms in total. The zero-order valence-electron chi connectivity index (χ0n) is 12.0. The summed E-state index contributed by atoms with van der Waals surface area (Å²) in [5, 5.41) is 0.846. The average Bonchev–Trinajstić information content (AvgIpc) is 3.27. The van der Waals surface area contributed by atoms with Crippen LogP contribution >= 0.6 is 11.3 Å². The van der Waals surface area contributed by atoms with E-state index in [4.69, 9.17) is 4.74 Å². The fourth-order valence-electron chi connectivity index (χ4n) is 2.74. The van der Waals surface area contributed by atoms with E-state index in [1.165, 1.54) is 0 Å². The average molecular weight is 309 g/mol. The van der Waals surface area contributed by atoms with E-state index in [1.807, 2.05) is 54.6 Å². The van der Waals surface area contributed by atoms with Crippen molar-refractivity contribution in [1.82, 2.24) is 4.98 Å². The monoisotopic (exact) mass is 309 g/mol. The van der Waals surface area contributed by atoms with E-state index in [1.54, 1.807) is 11.3 Å². The highest BCUT2D eigenvalue weighted by Crippen LogP contribution is 2.49. The van der Waals surface area contributed by atoms with Crippen LogP contribution in [0.3, 0.4) is 0 Å². The van der Waals surface area contributed by atoms with Gasteiger partial charge in [0.15, 0.2) is 0 Å². The highest BCUT2D eigenvalue weighted by Gasteiger charge is 2.52. The van der Waals surface area contributed by atoms with Gasteiger partial charge in [-0.1, -0.05) is 42.5 Å². The van der Waals surface area contributed by atoms with Crippen LogP contribution in [0.5, 0.6) is 0 Å². The Morgan fingerprint density at radius 1 is 1.09 bits per heavy atom. The van der Waals surface area contributed by atoms with Gasteiger partial charge in [-0.3, -0.25) is 4.79 Å². The highest BCUT2D eigenvalue weighted by molar-refractivity contribution is 7.18. The number of hydrogen-bond acceptors (Lipinski definition) is 4. The highest BCUT2D eigenvalue weighted by atomic mass is 32.1. The Kier molecular flexibility index (Phi) is 3.19. The van der Waals surface area contributed by atoms with Gasteiger partial charge in [0.05, 0.1) is 15.6 Å². The first kappa shape index (κ1) is 13.5. The molecule has 1 aliphatic carbocycles. The van der Waals surface area contributed by atoms with Crippen molar-refractivity contribution in [3.8, 4) is 0 Å². The Bertz CT molecular complexity index is 788. The lowest BCUT2D eigenvalue weighted by molar-refractivity contribution is -0.148. The van der Waals surface area contributed by atoms with Gasteiger partial charge in [0.1, 0.15) is 11.6 Å². The molecule has 110 valence electrons. The summed E-state index contributed by atoms with van der Waals surface area (Å²) < 4.78 is 6.67. The van der Waals surface area contributed by atoms with E-state index in [0.717, 1.165) is 33.6 Å². The summed E-state index contributed by atoms with van der Waals surface area (Å²) in [6.45, 7) is 0.257. The van der Waals surface area contributed by atoms with Crippen molar-refractivity contribution in [2.45, 2.75) is 24.9 Å². The number of carbonyl (C=O) groups is 1. The van der Waals surface area contributed by atoms with Crippen molar-refractivity contribution >= 4 is 27.5 Å². The maximum absolute atomic E-state index is 12.5. The first-order chi connectivity index (χ1) is 10.8. The smallest absolute Gasteiger partial charge is 0.316 e. The fourth-order valence-corrected chi connectivity index (χ4v) is 3.62. The van der Waals surface area contributed by atoms with Crippen LogP contribution in [0.15, 0.2) is 54.6 Å². The van der Waals surface area contributed by atoms with Gasteiger partial charge in [-0.15, -0.1) is 11.3 Å². The first-order valence-corrected chi connectivity index (χ1v) is 8.17. The molecule has 0 unspecified atom stereocenters. The SMILES string of the molecule is O=C(OCc1nc2ccccc2s1)C1(c2ccccc2)CC1. The number of thiazole rings is 1. The summed E-state index contributed by atoms with van der Waals surface area (Å²) in [5.74, 6) is -0.127. The normalized spacial score (nSPS) is 15.6. The molecule has 0 amide bonds. The minimum absolute atomic E-state index is 0.127. The zero-order valence-corrected chi connectivity index (χ0v) is 12.8. The molecule has 0 saturated heterocycles. The third kappa shape index (κ3) is 2.29. The molecule has 0 atom stereocenters. The molecule has 0 bridgehead atoms. The number of carbonyl (C=O) groups excluding carboxylic acids is 1. The summed E-state index contributed by atoms with van der Waals surface area (Å²) in [6.07, 6.45) is 1.74. The summed E-state index contributed by atoms with van der Waals surface area (Å²) in [5.41, 5.74) is 1.60. The molecule has 2 aromatic carbocycles. The largest absolute Gasteiger partial charge is 0.458 e. The molecule has 4 heteroatoms. The van der Waals surface area contributed by atoms with Crippen LogP contribution in [0.2, 0.25) is 0 Å². The van der Waals surface area contributed by atoms with Crippen LogP contribution in [0.1, 0.15) is 23.4 Å². The maximum Gasteiger partial charge on any atom is 0.316 e. The molecular weight excluding hydrogens is 294 g/mol. The number of nitrogens with zero attached hydrogens (tertiary/aromatic N) is 1. The molecular formula is C18H15NO2S. The molecule has 0 aliphatic heterocycles. The van der Waals surface area contributed by atoms with Crippen LogP contribution in [0.25, 0.3) is 10.2 Å². The van der Waals surface area contributed by atoms with Gasteiger partial charge in [0, 0.05) is 0 Å². The second-order valence-electron chi connectivity index (χ2n) is 5.60. The van der Waals surface area contributed by atoms with Gasteiger partial charge in [-0.2, -0.15) is 0 Å². The topological polar surface area (TPSA) is 39.2 Å². The summed E-state index contributed by atoms with van der Waals surface area (Å²) >= 11 is 1.58. The van der Waals surface area contributed by atoms with Gasteiger partial charge in [0.25, 0.3) is 0 Å². The van der Waals surface area contributed by atoms with E-state index in [9.17, 15) is 4.79 Å². The third-order valence-corrected chi connectivity index (χ3v) is 5.14. The lowest BCUT2D eigenvalue weighted by Gasteiger charge is -2.14. The van der Waals surface area contributed by atoms with Crippen LogP contribution in [0, 0.1) is 0 Å². The number of rotatable bonds is 4. The van der Waals surface area contributed by atoms with Gasteiger partial charge < -0.3 is 4.74 Å². The number of benzene rings is 2. The summed E-state index contributed by atoms with van der Waals surface area (Å²) in [4.78, 5) is 17.0. The predicted molar refractivity (Wildman–Crippen MR) is 86.8 cm³/mol. The van der Waals surface area contributed by atoms with Crippen molar-refractivity contribution in [2.24, 2.45) is 0 Å². The third-order valence-electron chi connectivity index (χ3n) is 4.13. The second-order valence-corrected chi connectivity index (χ2v) is 6.71. The van der Waals surface area contributed by atoms with E-state index >= 15 is 0 Å². The van der Waals surface area contributed by atoms with Crippen molar-refractivity contribution < 1.29 is 9.53 Å². The van der Waals surface area contributed by atoms with E-state index in [2.05, 4.69) is 4.98 Å². The molecule has 0 N–H and O–H groups in total. The molecule has 3 aromatic rings. The Morgan fingerprint density at radius 3 is 2.55 bits per heavy atom. The van der Waals surface area contributed by atoms with Gasteiger partial charge >= 0.3 is 5.97 Å².